The number of halogens is 2. The molecule has 1 saturated heterocycles. The number of benzene rings is 3. The first kappa shape index (κ1) is 27.9. The minimum atomic E-state index is -2.03. The summed E-state index contributed by atoms with van der Waals surface area (Å²) in [5, 5.41) is 0.0526. The Hall–Kier alpha value is -3.09. The summed E-state index contributed by atoms with van der Waals surface area (Å²) in [5.41, 5.74) is 4.70. The number of carbonyl (C=O) groups excluding carboxylic acids is 1. The van der Waals surface area contributed by atoms with Crippen molar-refractivity contribution in [1.29, 1.82) is 0 Å². The first-order valence-corrected chi connectivity index (χ1v) is 16.0. The second kappa shape index (κ2) is 10.9. The van der Waals surface area contributed by atoms with Gasteiger partial charge in [0.05, 0.1) is 18.6 Å². The number of allylic oxidation sites excluding steroid dienone is 1. The fraction of sp³-hybridized carbons (Fsp3) is 0.344. The molecule has 1 aliphatic heterocycles. The van der Waals surface area contributed by atoms with Crippen molar-refractivity contribution in [1.82, 2.24) is 0 Å². The second-order valence-electron chi connectivity index (χ2n) is 11.7. The van der Waals surface area contributed by atoms with Gasteiger partial charge in [0.2, 0.25) is 5.91 Å². The zero-order chi connectivity index (χ0) is 27.7. The molecule has 1 amide bonds. The Morgan fingerprint density at radius 2 is 1.47 bits per heavy atom. The Labute approximate surface area is 226 Å². The summed E-state index contributed by atoms with van der Waals surface area (Å²) in [6.45, 7) is 13.4. The molecule has 3 aromatic carbocycles. The maximum Gasteiger partial charge on any atom is 0.233 e. The van der Waals surface area contributed by atoms with E-state index in [1.165, 1.54) is 24.3 Å². The molecule has 0 aromatic heterocycles. The summed E-state index contributed by atoms with van der Waals surface area (Å²) in [7, 11) is -2.03. The number of aryl methyl sites for hydroxylation is 1. The third-order valence-electron chi connectivity index (χ3n) is 7.97. The Bertz CT molecular complexity index is 1290. The van der Waals surface area contributed by atoms with Crippen LogP contribution >= 0.6 is 0 Å². The number of rotatable bonds is 8. The zero-order valence-electron chi connectivity index (χ0n) is 23.1. The molecule has 1 heterocycles. The topological polar surface area (TPSA) is 29.5 Å². The molecule has 0 aliphatic carbocycles. The van der Waals surface area contributed by atoms with E-state index in [4.69, 9.17) is 4.43 Å². The van der Waals surface area contributed by atoms with Gasteiger partial charge in [0.15, 0.2) is 8.32 Å². The number of carbonyl (C=O) groups is 1. The Morgan fingerprint density at radius 3 is 2.03 bits per heavy atom. The van der Waals surface area contributed by atoms with E-state index >= 15 is 0 Å². The third kappa shape index (κ3) is 5.97. The molecule has 38 heavy (non-hydrogen) atoms. The van der Waals surface area contributed by atoms with Crippen LogP contribution in [0.25, 0.3) is 5.57 Å². The lowest BCUT2D eigenvalue weighted by Gasteiger charge is -2.47. The molecule has 3 aromatic rings. The summed E-state index contributed by atoms with van der Waals surface area (Å²) in [4.78, 5) is 15.2. The molecule has 0 bridgehead atoms. The van der Waals surface area contributed by atoms with Crippen LogP contribution in [0.2, 0.25) is 18.1 Å². The van der Waals surface area contributed by atoms with Crippen LogP contribution in [0.4, 0.5) is 14.5 Å². The number of hydrogen-bond acceptors (Lipinski definition) is 2. The van der Waals surface area contributed by atoms with Gasteiger partial charge in [-0.1, -0.05) is 68.8 Å². The normalized spacial score (nSPS) is 18.5. The van der Waals surface area contributed by atoms with Crippen LogP contribution in [0.15, 0.2) is 78.9 Å². The highest BCUT2D eigenvalue weighted by atomic mass is 28.4. The van der Waals surface area contributed by atoms with Crippen molar-refractivity contribution in [3.05, 3.63) is 107 Å². The highest BCUT2D eigenvalue weighted by molar-refractivity contribution is 6.74. The van der Waals surface area contributed by atoms with Crippen LogP contribution in [-0.4, -0.2) is 20.8 Å². The van der Waals surface area contributed by atoms with E-state index in [2.05, 4.69) is 52.1 Å². The maximum atomic E-state index is 13.7. The van der Waals surface area contributed by atoms with Crippen LogP contribution in [-0.2, 0) is 9.22 Å². The molecule has 6 heteroatoms. The molecule has 1 fully saturated rings. The van der Waals surface area contributed by atoms with Gasteiger partial charge < -0.3 is 9.33 Å². The quantitative estimate of drug-likeness (QED) is 0.215. The predicted octanol–water partition coefficient (Wildman–Crippen LogP) is 8.47. The summed E-state index contributed by atoms with van der Waals surface area (Å²) in [6, 6.07) is 20.5. The largest absolute Gasteiger partial charge is 0.413 e. The first-order chi connectivity index (χ1) is 17.9. The minimum absolute atomic E-state index is 0.00204. The highest BCUT2D eigenvalue weighted by Crippen LogP contribution is 2.46. The van der Waals surface area contributed by atoms with Gasteiger partial charge in [0.1, 0.15) is 11.6 Å². The second-order valence-corrected chi connectivity index (χ2v) is 16.5. The van der Waals surface area contributed by atoms with E-state index in [1.807, 2.05) is 19.1 Å². The number of hydrogen-bond donors (Lipinski definition) is 0. The van der Waals surface area contributed by atoms with Gasteiger partial charge in [0.25, 0.3) is 0 Å². The fourth-order valence-electron chi connectivity index (χ4n) is 4.48. The van der Waals surface area contributed by atoms with Crippen molar-refractivity contribution >= 4 is 25.5 Å². The number of nitrogens with zero attached hydrogens (tertiary/aromatic N) is 1. The lowest BCUT2D eigenvalue weighted by Crippen LogP contribution is -2.55. The molecule has 0 spiro atoms. The van der Waals surface area contributed by atoms with Crippen LogP contribution in [0.5, 0.6) is 0 Å². The Morgan fingerprint density at radius 1 is 0.921 bits per heavy atom. The highest BCUT2D eigenvalue weighted by Gasteiger charge is 2.48. The zero-order valence-corrected chi connectivity index (χ0v) is 24.1. The van der Waals surface area contributed by atoms with Gasteiger partial charge in [-0.05, 0) is 84.6 Å². The van der Waals surface area contributed by atoms with Crippen molar-refractivity contribution < 1.29 is 18.0 Å². The average Bonchev–Trinajstić information content (AvgIpc) is 2.86. The lowest BCUT2D eigenvalue weighted by atomic mass is 9.79. The van der Waals surface area contributed by atoms with Crippen LogP contribution in [0, 0.1) is 24.5 Å². The molecule has 0 N–H and O–H groups in total. The Kier molecular flexibility index (Phi) is 8.05. The van der Waals surface area contributed by atoms with Gasteiger partial charge in [-0.3, -0.25) is 4.79 Å². The maximum absolute atomic E-state index is 13.7. The van der Waals surface area contributed by atoms with Crippen molar-refractivity contribution in [3.8, 4) is 0 Å². The van der Waals surface area contributed by atoms with Crippen molar-refractivity contribution in [2.24, 2.45) is 5.92 Å². The van der Waals surface area contributed by atoms with E-state index in [1.54, 1.807) is 29.2 Å². The van der Waals surface area contributed by atoms with Crippen LogP contribution < -0.4 is 4.90 Å². The Balaban J connectivity index is 1.64. The van der Waals surface area contributed by atoms with E-state index in [0.29, 0.717) is 18.7 Å². The molecule has 0 radical (unpaired) electrons. The van der Waals surface area contributed by atoms with Gasteiger partial charge in [-0.15, -0.1) is 0 Å². The van der Waals surface area contributed by atoms with E-state index in [0.717, 1.165) is 22.3 Å². The summed E-state index contributed by atoms with van der Waals surface area (Å²) in [5.74, 6) is -0.894. The van der Waals surface area contributed by atoms with E-state index < -0.39 is 8.32 Å². The van der Waals surface area contributed by atoms with Gasteiger partial charge in [-0.2, -0.15) is 0 Å². The predicted molar refractivity (Wildman–Crippen MR) is 153 cm³/mol. The molecule has 2 atom stereocenters. The number of amides is 1. The van der Waals surface area contributed by atoms with Gasteiger partial charge in [-0.25, -0.2) is 8.78 Å². The standard InChI is InChI=1S/C32H37F2NO2Si/c1-22-7-9-24(10-8-22)30-29(31(36)35(30)28-18-16-27(34)17-19-28)20-13-25(23-11-14-26(33)15-12-23)21-37-38(5,6)32(2,3)4/h7-19,29-30H,20-21H2,1-6H3/b25-13+/t29-,30?/m1/s1. The number of anilines is 1. The minimum Gasteiger partial charge on any atom is -0.413 e. The molecule has 4 rings (SSSR count). The van der Waals surface area contributed by atoms with Crippen molar-refractivity contribution in [2.45, 2.75) is 58.3 Å². The monoisotopic (exact) mass is 533 g/mol. The van der Waals surface area contributed by atoms with Crippen LogP contribution in [0.1, 0.15) is 49.9 Å². The molecule has 3 nitrogen and oxygen atoms in total. The lowest BCUT2D eigenvalue weighted by molar-refractivity contribution is -0.130. The average molecular weight is 534 g/mol. The molecular weight excluding hydrogens is 496 g/mol. The molecule has 1 aliphatic rings. The van der Waals surface area contributed by atoms with Gasteiger partial charge in [0, 0.05) is 5.69 Å². The van der Waals surface area contributed by atoms with Crippen LogP contribution in [0.3, 0.4) is 0 Å². The van der Waals surface area contributed by atoms with Crippen molar-refractivity contribution in [3.63, 3.8) is 0 Å². The molecule has 1 unspecified atom stereocenters. The molecule has 200 valence electrons. The third-order valence-corrected chi connectivity index (χ3v) is 12.4. The van der Waals surface area contributed by atoms with Crippen molar-refractivity contribution in [2.75, 3.05) is 11.5 Å². The van der Waals surface area contributed by atoms with Gasteiger partial charge >= 0.3 is 0 Å². The number of β-lactam (4-membered cyclic amide) rings is 1. The van der Waals surface area contributed by atoms with E-state index in [9.17, 15) is 13.6 Å². The molecular formula is C32H37F2NO2Si. The smallest absolute Gasteiger partial charge is 0.233 e. The summed E-state index contributed by atoms with van der Waals surface area (Å²) >= 11 is 0. The first-order valence-electron chi connectivity index (χ1n) is 13.1. The SMILES string of the molecule is Cc1ccc(C2[C@@H](C/C=C(\CO[Si](C)(C)C(C)(C)C)c3ccc(F)cc3)C(=O)N2c2ccc(F)cc2)cc1. The summed E-state index contributed by atoms with van der Waals surface area (Å²) < 4.78 is 33.8. The van der Waals surface area contributed by atoms with E-state index in [-0.39, 0.29) is 34.5 Å². The molecule has 0 saturated carbocycles. The summed E-state index contributed by atoms with van der Waals surface area (Å²) in [6.07, 6.45) is 2.59. The fourth-order valence-corrected chi connectivity index (χ4v) is 5.43.